The van der Waals surface area contributed by atoms with Crippen LogP contribution in [0.25, 0.3) is 22.0 Å². The number of rotatable bonds is 6. The van der Waals surface area contributed by atoms with E-state index < -0.39 is 0 Å². The van der Waals surface area contributed by atoms with Crippen LogP contribution >= 0.6 is 23.2 Å². The number of hydrogen-bond donors (Lipinski definition) is 2. The van der Waals surface area contributed by atoms with Gasteiger partial charge >= 0.3 is 0 Å². The summed E-state index contributed by atoms with van der Waals surface area (Å²) >= 11 is 12.6. The maximum absolute atomic E-state index is 6.28. The van der Waals surface area contributed by atoms with E-state index in [1.54, 1.807) is 24.4 Å². The second kappa shape index (κ2) is 10.1. The van der Waals surface area contributed by atoms with E-state index in [4.69, 9.17) is 38.4 Å². The minimum absolute atomic E-state index is 0.200. The second-order valence-corrected chi connectivity index (χ2v) is 9.94. The molecule has 1 saturated heterocycles. The molecule has 0 aliphatic carbocycles. The number of anilines is 1. The number of aromatic amines is 1. The lowest BCUT2D eigenvalue weighted by molar-refractivity contribution is -0.0703. The first kappa shape index (κ1) is 23.9. The molecule has 6 nitrogen and oxygen atoms in total. The number of pyridine rings is 1. The van der Waals surface area contributed by atoms with Crippen LogP contribution in [0.4, 0.5) is 5.82 Å². The molecular formula is C27H28Cl2N4O2. The zero-order chi connectivity index (χ0) is 24.5. The standard InChI is InChI=1S/C27H28Cl2N4O2/c1-16-12-33(13-17(2)35-16)14-20-11-31-25-7-6-18(8-21(20)25)19-9-26(27(30)32-10-19)34-15-22-23(28)4-3-5-24(22)29/h3-11,16-17,31H,12-15H2,1-2H3,(H2,30,32)/t16-,17+. The van der Waals surface area contributed by atoms with Crippen molar-refractivity contribution in [3.8, 4) is 16.9 Å². The van der Waals surface area contributed by atoms with Crippen LogP contribution in [-0.2, 0) is 17.9 Å². The zero-order valence-electron chi connectivity index (χ0n) is 19.7. The highest BCUT2D eigenvalue weighted by Crippen LogP contribution is 2.32. The molecule has 0 unspecified atom stereocenters. The Hall–Kier alpha value is -2.77. The van der Waals surface area contributed by atoms with Gasteiger partial charge in [-0.1, -0.05) is 35.3 Å². The van der Waals surface area contributed by atoms with E-state index in [1.165, 1.54) is 10.9 Å². The third-order valence-electron chi connectivity index (χ3n) is 6.31. The minimum atomic E-state index is 0.200. The first-order valence-electron chi connectivity index (χ1n) is 11.7. The molecule has 0 radical (unpaired) electrons. The summed E-state index contributed by atoms with van der Waals surface area (Å²) < 4.78 is 11.9. The Morgan fingerprint density at radius 1 is 1.09 bits per heavy atom. The summed E-state index contributed by atoms with van der Waals surface area (Å²) in [5.74, 6) is 0.806. The van der Waals surface area contributed by atoms with Gasteiger partial charge in [-0.05, 0) is 55.3 Å². The Morgan fingerprint density at radius 3 is 2.57 bits per heavy atom. The highest BCUT2D eigenvalue weighted by atomic mass is 35.5. The summed E-state index contributed by atoms with van der Waals surface area (Å²) in [7, 11) is 0. The second-order valence-electron chi connectivity index (χ2n) is 9.12. The van der Waals surface area contributed by atoms with E-state index >= 15 is 0 Å². The van der Waals surface area contributed by atoms with E-state index in [0.717, 1.165) is 36.3 Å². The first-order chi connectivity index (χ1) is 16.9. The third-order valence-corrected chi connectivity index (χ3v) is 7.01. The van der Waals surface area contributed by atoms with Gasteiger partial charge in [-0.25, -0.2) is 4.98 Å². The van der Waals surface area contributed by atoms with Crippen molar-refractivity contribution >= 4 is 39.9 Å². The molecule has 1 aliphatic rings. The Balaban J connectivity index is 1.39. The predicted molar refractivity (Wildman–Crippen MR) is 142 cm³/mol. The van der Waals surface area contributed by atoms with Crippen LogP contribution in [0, 0.1) is 0 Å². The van der Waals surface area contributed by atoms with Crippen molar-refractivity contribution in [1.29, 1.82) is 0 Å². The van der Waals surface area contributed by atoms with Gasteiger partial charge in [0.05, 0.1) is 12.2 Å². The molecule has 0 saturated carbocycles. The van der Waals surface area contributed by atoms with Crippen molar-refractivity contribution in [2.45, 2.75) is 39.2 Å². The Labute approximate surface area is 215 Å². The molecule has 3 heterocycles. The molecule has 2 aromatic heterocycles. The van der Waals surface area contributed by atoms with Gasteiger partial charge in [-0.3, -0.25) is 4.90 Å². The fourth-order valence-corrected chi connectivity index (χ4v) is 5.20. The normalized spacial score (nSPS) is 18.7. The largest absolute Gasteiger partial charge is 0.485 e. The maximum Gasteiger partial charge on any atom is 0.166 e. The smallest absolute Gasteiger partial charge is 0.166 e. The van der Waals surface area contributed by atoms with Crippen LogP contribution in [0.2, 0.25) is 10.0 Å². The number of nitrogen functional groups attached to an aromatic ring is 1. The number of aromatic nitrogens is 2. The number of H-pyrrole nitrogens is 1. The first-order valence-corrected chi connectivity index (χ1v) is 12.4. The van der Waals surface area contributed by atoms with E-state index in [2.05, 4.69) is 53.1 Å². The highest BCUT2D eigenvalue weighted by Gasteiger charge is 2.23. The number of nitrogens with two attached hydrogens (primary N) is 1. The van der Waals surface area contributed by atoms with Crippen molar-refractivity contribution in [3.63, 3.8) is 0 Å². The van der Waals surface area contributed by atoms with Gasteiger partial charge in [0, 0.05) is 64.1 Å². The van der Waals surface area contributed by atoms with Crippen LogP contribution < -0.4 is 10.5 Å². The van der Waals surface area contributed by atoms with Crippen molar-refractivity contribution in [2.24, 2.45) is 0 Å². The summed E-state index contributed by atoms with van der Waals surface area (Å²) in [6.07, 6.45) is 4.34. The molecule has 0 bridgehead atoms. The van der Waals surface area contributed by atoms with E-state index in [0.29, 0.717) is 27.2 Å². The lowest BCUT2D eigenvalue weighted by atomic mass is 10.0. The lowest BCUT2D eigenvalue weighted by Crippen LogP contribution is -2.44. The Morgan fingerprint density at radius 2 is 1.83 bits per heavy atom. The van der Waals surface area contributed by atoms with Gasteiger partial charge in [0.15, 0.2) is 11.6 Å². The molecule has 182 valence electrons. The van der Waals surface area contributed by atoms with Crippen LogP contribution in [0.3, 0.4) is 0 Å². The quantitative estimate of drug-likeness (QED) is 0.318. The van der Waals surface area contributed by atoms with Crippen LogP contribution in [0.5, 0.6) is 5.75 Å². The van der Waals surface area contributed by atoms with Crippen molar-refractivity contribution in [3.05, 3.63) is 76.0 Å². The van der Waals surface area contributed by atoms with Gasteiger partial charge in [-0.15, -0.1) is 0 Å². The number of halogens is 2. The van der Waals surface area contributed by atoms with E-state index in [9.17, 15) is 0 Å². The summed E-state index contributed by atoms with van der Waals surface area (Å²) in [4.78, 5) is 10.2. The van der Waals surface area contributed by atoms with Crippen LogP contribution in [-0.4, -0.2) is 40.2 Å². The van der Waals surface area contributed by atoms with Crippen molar-refractivity contribution in [1.82, 2.24) is 14.9 Å². The molecular weight excluding hydrogens is 483 g/mol. The molecule has 4 aromatic rings. The number of ether oxygens (including phenoxy) is 2. The van der Waals surface area contributed by atoms with Crippen LogP contribution in [0.15, 0.2) is 54.9 Å². The van der Waals surface area contributed by atoms with E-state index in [-0.39, 0.29) is 18.8 Å². The van der Waals surface area contributed by atoms with Gasteiger partial charge in [0.1, 0.15) is 6.61 Å². The molecule has 35 heavy (non-hydrogen) atoms. The monoisotopic (exact) mass is 510 g/mol. The summed E-state index contributed by atoms with van der Waals surface area (Å²) in [6, 6.07) is 13.6. The van der Waals surface area contributed by atoms with Crippen molar-refractivity contribution in [2.75, 3.05) is 18.8 Å². The molecule has 2 atom stereocenters. The molecule has 1 aliphatic heterocycles. The number of fused-ring (bicyclic) bond motifs is 1. The summed E-state index contributed by atoms with van der Waals surface area (Å²) in [6.45, 7) is 7.18. The topological polar surface area (TPSA) is 76.4 Å². The number of hydrogen-bond acceptors (Lipinski definition) is 5. The molecule has 8 heteroatoms. The lowest BCUT2D eigenvalue weighted by Gasteiger charge is -2.35. The third kappa shape index (κ3) is 5.26. The predicted octanol–water partition coefficient (Wildman–Crippen LogP) is 6.31. The van der Waals surface area contributed by atoms with Gasteiger partial charge in [-0.2, -0.15) is 0 Å². The molecule has 0 amide bonds. The number of benzene rings is 2. The minimum Gasteiger partial charge on any atom is -0.485 e. The Bertz CT molecular complexity index is 1330. The molecule has 5 rings (SSSR count). The zero-order valence-corrected chi connectivity index (χ0v) is 21.2. The fourth-order valence-electron chi connectivity index (χ4n) is 4.69. The maximum atomic E-state index is 6.28. The Kier molecular flexibility index (Phi) is 6.89. The highest BCUT2D eigenvalue weighted by molar-refractivity contribution is 6.35. The van der Waals surface area contributed by atoms with Crippen LogP contribution in [0.1, 0.15) is 25.0 Å². The number of nitrogens with zero attached hydrogens (tertiary/aromatic N) is 2. The number of morpholine rings is 1. The van der Waals surface area contributed by atoms with E-state index in [1.807, 2.05) is 6.07 Å². The molecule has 3 N–H and O–H groups in total. The van der Waals surface area contributed by atoms with Crippen molar-refractivity contribution < 1.29 is 9.47 Å². The fraction of sp³-hybridized carbons (Fsp3) is 0.296. The average molecular weight is 511 g/mol. The molecule has 0 spiro atoms. The van der Waals surface area contributed by atoms with Gasteiger partial charge < -0.3 is 20.2 Å². The van der Waals surface area contributed by atoms with Gasteiger partial charge in [0.25, 0.3) is 0 Å². The number of nitrogens with one attached hydrogen (secondary N) is 1. The molecule has 2 aromatic carbocycles. The SMILES string of the molecule is C[C@@H]1CN(Cc2c[nH]c3ccc(-c4cnc(N)c(OCc5c(Cl)cccc5Cl)c4)cc23)C[C@H](C)O1. The average Bonchev–Trinajstić information content (AvgIpc) is 3.21. The summed E-state index contributed by atoms with van der Waals surface area (Å²) in [5, 5.41) is 2.29. The van der Waals surface area contributed by atoms with Gasteiger partial charge in [0.2, 0.25) is 0 Å². The summed E-state index contributed by atoms with van der Waals surface area (Å²) in [5.41, 5.74) is 11.1. The molecule has 1 fully saturated rings.